The Kier molecular flexibility index (Phi) is 7.84. The van der Waals surface area contributed by atoms with E-state index in [9.17, 15) is 9.59 Å². The van der Waals surface area contributed by atoms with E-state index in [4.69, 9.17) is 13.3 Å². The number of hydrogen-bond donors (Lipinski definition) is 2. The highest BCUT2D eigenvalue weighted by molar-refractivity contribution is 6.63. The summed E-state index contributed by atoms with van der Waals surface area (Å²) in [7, 11) is -5.68. The highest BCUT2D eigenvalue weighted by Gasteiger charge is 2.45. The van der Waals surface area contributed by atoms with Gasteiger partial charge >= 0.3 is 17.5 Å². The normalized spacial score (nSPS) is 24.4. The lowest BCUT2D eigenvalue weighted by Crippen LogP contribution is -2.53. The maximum Gasteiger partial charge on any atom is 0.498 e. The molecule has 6 nitrogen and oxygen atoms in total. The smallest absolute Gasteiger partial charge is 0.399 e. The van der Waals surface area contributed by atoms with Crippen LogP contribution in [0.25, 0.3) is 0 Å². The van der Waals surface area contributed by atoms with Crippen molar-refractivity contribution in [3.63, 3.8) is 0 Å². The second-order valence-corrected chi connectivity index (χ2v) is 10.4. The minimum Gasteiger partial charge on any atom is -0.399 e. The summed E-state index contributed by atoms with van der Waals surface area (Å²) in [6.45, 7) is 8.72. The Morgan fingerprint density at radius 1 is 1.15 bits per heavy atom. The molecule has 0 radical (unpaired) electrons. The lowest BCUT2D eigenvalue weighted by Gasteiger charge is -2.30. The van der Waals surface area contributed by atoms with E-state index in [1.54, 1.807) is 0 Å². The topological polar surface area (TPSA) is 71.4 Å². The minimum atomic E-state index is -3.02. The molecule has 1 unspecified atom stereocenters. The zero-order valence-corrected chi connectivity index (χ0v) is 14.9. The van der Waals surface area contributed by atoms with Crippen LogP contribution in [0.15, 0.2) is 0 Å². The third-order valence-corrected chi connectivity index (χ3v) is 9.12. The van der Waals surface area contributed by atoms with Gasteiger partial charge in [0, 0.05) is 31.9 Å². The second kappa shape index (κ2) is 8.59. The number of hydrogen-bond acceptors (Lipinski definition) is 6. The monoisotopic (exact) mass is 323 g/mol. The van der Waals surface area contributed by atoms with Crippen molar-refractivity contribution in [2.75, 3.05) is 32.9 Å². The van der Waals surface area contributed by atoms with Crippen molar-refractivity contribution in [2.24, 2.45) is 0 Å². The van der Waals surface area contributed by atoms with Crippen molar-refractivity contribution in [3.05, 3.63) is 0 Å². The van der Waals surface area contributed by atoms with Crippen LogP contribution in [-0.2, 0) is 13.3 Å². The molecule has 120 valence electrons. The first-order chi connectivity index (χ1) is 9.49. The molecule has 8 heteroatoms. The molecule has 0 aromatic heterocycles. The first-order valence-electron chi connectivity index (χ1n) is 7.61. The molecule has 1 aliphatic rings. The highest BCUT2D eigenvalue weighted by atomic mass is 28.4. The molecule has 20 heavy (non-hydrogen) atoms. The zero-order valence-electron chi connectivity index (χ0n) is 12.9. The van der Waals surface area contributed by atoms with Crippen LogP contribution in [0.5, 0.6) is 0 Å². The molecule has 0 amide bonds. The molecule has 0 bridgehead atoms. The predicted molar refractivity (Wildman–Crippen MR) is 81.2 cm³/mol. The fourth-order valence-electron chi connectivity index (χ4n) is 2.64. The van der Waals surface area contributed by atoms with Crippen molar-refractivity contribution in [1.29, 1.82) is 0 Å². The molecule has 1 heterocycles. The SMILES string of the molecule is CCO[Si](O)(CCCN1CCC[Si]1(O)OCC)OCC. The Labute approximate surface area is 124 Å². The van der Waals surface area contributed by atoms with Gasteiger partial charge in [0.05, 0.1) is 0 Å². The quantitative estimate of drug-likeness (QED) is 0.586. The molecule has 0 saturated carbocycles. The first-order valence-corrected chi connectivity index (χ1v) is 11.6. The Hall–Kier alpha value is 0.194. The van der Waals surface area contributed by atoms with Gasteiger partial charge in [0.1, 0.15) is 0 Å². The van der Waals surface area contributed by atoms with Crippen LogP contribution in [0, 0.1) is 0 Å². The van der Waals surface area contributed by atoms with Gasteiger partial charge < -0.3 is 22.9 Å². The lowest BCUT2D eigenvalue weighted by atomic mass is 10.4. The van der Waals surface area contributed by atoms with Crippen molar-refractivity contribution in [2.45, 2.75) is 45.7 Å². The molecule has 0 spiro atoms. The largest absolute Gasteiger partial charge is 0.498 e. The van der Waals surface area contributed by atoms with E-state index in [0.29, 0.717) is 25.9 Å². The van der Waals surface area contributed by atoms with E-state index in [-0.39, 0.29) is 0 Å². The fraction of sp³-hybridized carbons (Fsp3) is 1.00. The van der Waals surface area contributed by atoms with Crippen molar-refractivity contribution < 1.29 is 22.9 Å². The van der Waals surface area contributed by atoms with Crippen LogP contribution in [0.1, 0.15) is 33.6 Å². The molecule has 2 N–H and O–H groups in total. The van der Waals surface area contributed by atoms with E-state index < -0.39 is 17.5 Å². The van der Waals surface area contributed by atoms with Crippen LogP contribution >= 0.6 is 0 Å². The van der Waals surface area contributed by atoms with E-state index >= 15 is 0 Å². The maximum absolute atomic E-state index is 10.5. The van der Waals surface area contributed by atoms with Crippen LogP contribution in [0.2, 0.25) is 12.1 Å². The van der Waals surface area contributed by atoms with Gasteiger partial charge in [-0.05, 0) is 46.7 Å². The molecule has 1 rings (SSSR count). The number of rotatable bonds is 10. The van der Waals surface area contributed by atoms with Gasteiger partial charge in [-0.3, -0.25) is 4.57 Å². The summed E-state index contributed by atoms with van der Waals surface area (Å²) >= 11 is 0. The molecular weight excluding hydrogens is 294 g/mol. The molecule has 1 aliphatic heterocycles. The first kappa shape index (κ1) is 18.2. The Morgan fingerprint density at radius 3 is 2.35 bits per heavy atom. The van der Waals surface area contributed by atoms with Crippen molar-refractivity contribution in [3.8, 4) is 0 Å². The third kappa shape index (κ3) is 5.19. The van der Waals surface area contributed by atoms with Crippen LogP contribution in [0.3, 0.4) is 0 Å². The van der Waals surface area contributed by atoms with Crippen molar-refractivity contribution in [1.82, 2.24) is 4.57 Å². The fourth-order valence-corrected chi connectivity index (χ4v) is 7.26. The molecular formula is C12H29NO5Si2. The Bertz CT molecular complexity index is 279. The average molecular weight is 324 g/mol. The van der Waals surface area contributed by atoms with Crippen LogP contribution in [0.4, 0.5) is 0 Å². The van der Waals surface area contributed by atoms with E-state index in [1.807, 2.05) is 20.8 Å². The summed E-state index contributed by atoms with van der Waals surface area (Å²) in [5, 5.41) is 0. The Morgan fingerprint density at radius 2 is 1.80 bits per heavy atom. The second-order valence-electron chi connectivity index (χ2n) is 4.95. The molecule has 1 saturated heterocycles. The van der Waals surface area contributed by atoms with Crippen LogP contribution in [-0.4, -0.2) is 64.6 Å². The molecule has 0 aromatic rings. The average Bonchev–Trinajstić information content (AvgIpc) is 2.72. The van der Waals surface area contributed by atoms with Gasteiger partial charge in [-0.2, -0.15) is 0 Å². The van der Waals surface area contributed by atoms with Gasteiger partial charge in [-0.1, -0.05) is 0 Å². The minimum absolute atomic E-state index is 0.462. The Balaban J connectivity index is 2.42. The molecule has 0 aliphatic carbocycles. The summed E-state index contributed by atoms with van der Waals surface area (Å²) in [5.41, 5.74) is 0. The van der Waals surface area contributed by atoms with Gasteiger partial charge in [0.25, 0.3) is 0 Å². The summed E-state index contributed by atoms with van der Waals surface area (Å²) in [6, 6.07) is 1.31. The van der Waals surface area contributed by atoms with Crippen molar-refractivity contribution >= 4 is 17.5 Å². The molecule has 0 aromatic carbocycles. The molecule has 1 atom stereocenters. The summed E-state index contributed by atoms with van der Waals surface area (Å²) in [5.74, 6) is 0. The predicted octanol–water partition coefficient (Wildman–Crippen LogP) is 1.05. The standard InChI is InChI=1S/C12H29NO5Si2/c1-4-16-19(14)11-7-9-13(19)10-8-12-20(15,17-5-2)18-6-3/h14-15H,4-12H2,1-3H3. The lowest BCUT2D eigenvalue weighted by molar-refractivity contribution is 0.106. The summed E-state index contributed by atoms with van der Waals surface area (Å²) < 4.78 is 18.5. The third-order valence-electron chi connectivity index (χ3n) is 3.46. The summed E-state index contributed by atoms with van der Waals surface area (Å²) in [4.78, 5) is 20.8. The highest BCUT2D eigenvalue weighted by Crippen LogP contribution is 2.25. The number of nitrogens with zero attached hydrogens (tertiary/aromatic N) is 1. The van der Waals surface area contributed by atoms with Crippen LogP contribution < -0.4 is 0 Å². The summed E-state index contributed by atoms with van der Waals surface area (Å²) in [6.07, 6.45) is 1.74. The van der Waals surface area contributed by atoms with Gasteiger partial charge in [0.2, 0.25) is 0 Å². The van der Waals surface area contributed by atoms with Gasteiger partial charge in [0.15, 0.2) is 0 Å². The van der Waals surface area contributed by atoms with E-state index in [1.165, 1.54) is 0 Å². The zero-order chi connectivity index (χ0) is 15.1. The van der Waals surface area contributed by atoms with E-state index in [0.717, 1.165) is 32.0 Å². The molecule has 1 fully saturated rings. The van der Waals surface area contributed by atoms with E-state index in [2.05, 4.69) is 4.57 Å². The maximum atomic E-state index is 10.5. The van der Waals surface area contributed by atoms with Gasteiger partial charge in [-0.25, -0.2) is 0 Å². The van der Waals surface area contributed by atoms with Gasteiger partial charge in [-0.15, -0.1) is 0 Å².